The second-order valence-electron chi connectivity index (χ2n) is 2.71. The van der Waals surface area contributed by atoms with Crippen LogP contribution in [-0.2, 0) is 0 Å². The molecular formula is C7H8N4S. The molecule has 0 unspecified atom stereocenters. The topological polar surface area (TPSA) is 52.8 Å². The van der Waals surface area contributed by atoms with E-state index in [1.807, 2.05) is 6.07 Å². The molecule has 0 amide bonds. The fourth-order valence-electron chi connectivity index (χ4n) is 1.30. The lowest BCUT2D eigenvalue weighted by atomic mass is 10.4. The molecule has 0 saturated carbocycles. The van der Waals surface area contributed by atoms with Crippen molar-refractivity contribution in [3.63, 3.8) is 0 Å². The van der Waals surface area contributed by atoms with Crippen molar-refractivity contribution in [1.29, 1.82) is 5.26 Å². The van der Waals surface area contributed by atoms with Gasteiger partial charge in [-0.05, 0) is 12.8 Å². The van der Waals surface area contributed by atoms with Gasteiger partial charge in [-0.25, -0.2) is 0 Å². The van der Waals surface area contributed by atoms with Gasteiger partial charge in [0.05, 0.1) is 0 Å². The Morgan fingerprint density at radius 1 is 1.42 bits per heavy atom. The van der Waals surface area contributed by atoms with Gasteiger partial charge in [0.25, 0.3) is 0 Å². The molecule has 0 N–H and O–H groups in total. The molecule has 1 aliphatic heterocycles. The summed E-state index contributed by atoms with van der Waals surface area (Å²) in [5.74, 6) is 0.293. The summed E-state index contributed by atoms with van der Waals surface area (Å²) in [5, 5.41) is 9.40. The Hall–Kier alpha value is -1.15. The predicted octanol–water partition coefficient (Wildman–Crippen LogP) is 1.01. The van der Waals surface area contributed by atoms with E-state index in [2.05, 4.69) is 14.3 Å². The van der Waals surface area contributed by atoms with Gasteiger partial charge in [-0.15, -0.1) is 0 Å². The van der Waals surface area contributed by atoms with Gasteiger partial charge < -0.3 is 4.90 Å². The summed E-state index contributed by atoms with van der Waals surface area (Å²) in [6.07, 6.45) is 2.45. The summed E-state index contributed by atoms with van der Waals surface area (Å²) in [4.78, 5) is 6.26. The van der Waals surface area contributed by atoms with Crippen LogP contribution in [0.3, 0.4) is 0 Å². The molecule has 1 saturated heterocycles. The van der Waals surface area contributed by atoms with Crippen LogP contribution in [0.5, 0.6) is 0 Å². The maximum atomic E-state index is 8.51. The first-order chi connectivity index (χ1) is 5.90. The molecule has 2 heterocycles. The van der Waals surface area contributed by atoms with Crippen molar-refractivity contribution in [3.8, 4) is 6.07 Å². The minimum absolute atomic E-state index is 0.293. The Kier molecular flexibility index (Phi) is 1.92. The highest BCUT2D eigenvalue weighted by molar-refractivity contribution is 7.09. The first-order valence-electron chi connectivity index (χ1n) is 3.89. The number of rotatable bonds is 1. The van der Waals surface area contributed by atoms with E-state index in [-0.39, 0.29) is 0 Å². The lowest BCUT2D eigenvalue weighted by molar-refractivity contribution is 0.949. The highest BCUT2D eigenvalue weighted by Gasteiger charge is 2.15. The summed E-state index contributed by atoms with van der Waals surface area (Å²) in [7, 11) is 0. The number of anilines is 1. The van der Waals surface area contributed by atoms with Crippen LogP contribution in [0.25, 0.3) is 0 Å². The number of nitrogens with zero attached hydrogens (tertiary/aromatic N) is 4. The van der Waals surface area contributed by atoms with E-state index >= 15 is 0 Å². The molecular weight excluding hydrogens is 172 g/mol. The zero-order valence-corrected chi connectivity index (χ0v) is 7.34. The standard InChI is InChI=1S/C7H8N4S/c8-5-6-9-7(12-10-6)11-3-1-2-4-11/h1-4H2. The third kappa shape index (κ3) is 1.25. The average Bonchev–Trinajstić information content (AvgIpc) is 2.75. The van der Waals surface area contributed by atoms with Gasteiger partial charge in [0.2, 0.25) is 11.0 Å². The summed E-state index contributed by atoms with van der Waals surface area (Å²) >= 11 is 1.31. The van der Waals surface area contributed by atoms with E-state index in [1.54, 1.807) is 0 Å². The second-order valence-corrected chi connectivity index (χ2v) is 3.44. The van der Waals surface area contributed by atoms with Crippen molar-refractivity contribution >= 4 is 16.7 Å². The van der Waals surface area contributed by atoms with Crippen molar-refractivity contribution in [3.05, 3.63) is 5.82 Å². The molecule has 4 nitrogen and oxygen atoms in total. The summed E-state index contributed by atoms with van der Waals surface area (Å²) in [6.45, 7) is 2.11. The van der Waals surface area contributed by atoms with Crippen LogP contribution in [0, 0.1) is 11.3 Å². The molecule has 2 rings (SSSR count). The van der Waals surface area contributed by atoms with Crippen molar-refractivity contribution < 1.29 is 0 Å². The monoisotopic (exact) mass is 180 g/mol. The number of hydrogen-bond acceptors (Lipinski definition) is 5. The third-order valence-corrected chi connectivity index (χ3v) is 2.67. The molecule has 0 radical (unpaired) electrons. The van der Waals surface area contributed by atoms with Gasteiger partial charge in [-0.3, -0.25) is 0 Å². The number of hydrogen-bond donors (Lipinski definition) is 0. The Morgan fingerprint density at radius 2 is 2.17 bits per heavy atom. The van der Waals surface area contributed by atoms with Gasteiger partial charge in [-0.1, -0.05) is 0 Å². The molecule has 5 heteroatoms. The van der Waals surface area contributed by atoms with Crippen LogP contribution in [0.15, 0.2) is 0 Å². The minimum Gasteiger partial charge on any atom is -0.347 e. The molecule has 1 aliphatic rings. The van der Waals surface area contributed by atoms with E-state index < -0.39 is 0 Å². The predicted molar refractivity (Wildman–Crippen MR) is 46.1 cm³/mol. The minimum atomic E-state index is 0.293. The fourth-order valence-corrected chi connectivity index (χ4v) is 1.97. The molecule has 0 spiro atoms. The van der Waals surface area contributed by atoms with Gasteiger partial charge in [0.1, 0.15) is 6.07 Å². The maximum Gasteiger partial charge on any atom is 0.245 e. The fraction of sp³-hybridized carbons (Fsp3) is 0.571. The molecule has 1 aromatic rings. The van der Waals surface area contributed by atoms with Gasteiger partial charge in [0.15, 0.2) is 0 Å². The van der Waals surface area contributed by atoms with E-state index in [0.717, 1.165) is 18.2 Å². The van der Waals surface area contributed by atoms with Gasteiger partial charge in [0, 0.05) is 24.6 Å². The van der Waals surface area contributed by atoms with Crippen molar-refractivity contribution in [1.82, 2.24) is 9.36 Å². The van der Waals surface area contributed by atoms with Crippen LogP contribution in [0.1, 0.15) is 18.7 Å². The largest absolute Gasteiger partial charge is 0.347 e. The van der Waals surface area contributed by atoms with Crippen LogP contribution in [-0.4, -0.2) is 22.4 Å². The Morgan fingerprint density at radius 3 is 2.75 bits per heavy atom. The second kappa shape index (κ2) is 3.07. The molecule has 0 aromatic carbocycles. The molecule has 12 heavy (non-hydrogen) atoms. The zero-order valence-electron chi connectivity index (χ0n) is 6.53. The molecule has 0 aliphatic carbocycles. The third-order valence-electron chi connectivity index (χ3n) is 1.89. The maximum absolute atomic E-state index is 8.51. The van der Waals surface area contributed by atoms with Crippen LogP contribution in [0.2, 0.25) is 0 Å². The lowest BCUT2D eigenvalue weighted by Gasteiger charge is -2.10. The van der Waals surface area contributed by atoms with Crippen molar-refractivity contribution in [2.75, 3.05) is 18.0 Å². The summed E-state index contributed by atoms with van der Waals surface area (Å²) in [5.41, 5.74) is 0. The van der Waals surface area contributed by atoms with Crippen LogP contribution < -0.4 is 4.90 Å². The Bertz CT molecular complexity index is 307. The van der Waals surface area contributed by atoms with Crippen LogP contribution >= 0.6 is 11.5 Å². The molecule has 62 valence electrons. The van der Waals surface area contributed by atoms with Crippen molar-refractivity contribution in [2.24, 2.45) is 0 Å². The SMILES string of the molecule is N#Cc1nsc(N2CCCC2)n1. The van der Waals surface area contributed by atoms with Crippen molar-refractivity contribution in [2.45, 2.75) is 12.8 Å². The molecule has 0 bridgehead atoms. The van der Waals surface area contributed by atoms with Crippen LogP contribution in [0.4, 0.5) is 5.13 Å². The average molecular weight is 180 g/mol. The van der Waals surface area contributed by atoms with Gasteiger partial charge in [-0.2, -0.15) is 14.6 Å². The first kappa shape index (κ1) is 7.50. The number of nitriles is 1. The van der Waals surface area contributed by atoms with E-state index in [9.17, 15) is 0 Å². The quantitative estimate of drug-likeness (QED) is 0.647. The smallest absolute Gasteiger partial charge is 0.245 e. The Balaban J connectivity index is 2.17. The first-order valence-corrected chi connectivity index (χ1v) is 4.66. The highest BCUT2D eigenvalue weighted by Crippen LogP contribution is 2.21. The molecule has 1 aromatic heterocycles. The highest BCUT2D eigenvalue weighted by atomic mass is 32.1. The zero-order chi connectivity index (χ0) is 8.39. The summed E-state index contributed by atoms with van der Waals surface area (Å²) < 4.78 is 3.91. The number of aromatic nitrogens is 2. The normalized spacial score (nSPS) is 16.4. The summed E-state index contributed by atoms with van der Waals surface area (Å²) in [6, 6.07) is 1.93. The van der Waals surface area contributed by atoms with Gasteiger partial charge >= 0.3 is 0 Å². The van der Waals surface area contributed by atoms with E-state index in [0.29, 0.717) is 5.82 Å². The lowest BCUT2D eigenvalue weighted by Crippen LogP contribution is -2.17. The molecule has 1 fully saturated rings. The Labute approximate surface area is 74.6 Å². The molecule has 0 atom stereocenters. The van der Waals surface area contributed by atoms with E-state index in [1.165, 1.54) is 24.4 Å². The van der Waals surface area contributed by atoms with E-state index in [4.69, 9.17) is 5.26 Å².